The zero-order valence-corrected chi connectivity index (χ0v) is 11.0. The maximum atomic E-state index is 10.2. The average molecular weight is 337 g/mol. The fourth-order valence-corrected chi connectivity index (χ4v) is 1.20. The molecule has 0 amide bonds. The molecule has 0 unspecified atom stereocenters. The Labute approximate surface area is 111 Å². The van der Waals surface area contributed by atoms with Crippen molar-refractivity contribution >= 4 is 57.8 Å². The summed E-state index contributed by atoms with van der Waals surface area (Å²) < 4.78 is 4.75. The SMILES string of the molecule is Br.O=C(O)COc1nc(Cl)c(Cl)cc1Cl. The van der Waals surface area contributed by atoms with Gasteiger partial charge in [0.25, 0.3) is 0 Å². The monoisotopic (exact) mass is 335 g/mol. The van der Waals surface area contributed by atoms with Crippen molar-refractivity contribution in [2.24, 2.45) is 0 Å². The van der Waals surface area contributed by atoms with Gasteiger partial charge >= 0.3 is 5.97 Å². The molecule has 1 aromatic heterocycles. The Morgan fingerprint density at radius 3 is 2.53 bits per heavy atom. The molecule has 4 nitrogen and oxygen atoms in total. The van der Waals surface area contributed by atoms with Crippen LogP contribution in [0, 0.1) is 0 Å². The number of ether oxygens (including phenoxy) is 1. The first-order valence-corrected chi connectivity index (χ1v) is 4.50. The lowest BCUT2D eigenvalue weighted by atomic mass is 10.5. The lowest BCUT2D eigenvalue weighted by Crippen LogP contribution is -2.10. The van der Waals surface area contributed by atoms with E-state index in [9.17, 15) is 4.79 Å². The lowest BCUT2D eigenvalue weighted by Gasteiger charge is -2.05. The maximum absolute atomic E-state index is 10.2. The molecular formula is C7H5BrCl3NO3. The van der Waals surface area contributed by atoms with Crippen LogP contribution >= 0.6 is 51.8 Å². The minimum atomic E-state index is -1.13. The molecule has 84 valence electrons. The molecule has 0 bridgehead atoms. The van der Waals surface area contributed by atoms with Crippen molar-refractivity contribution in [1.29, 1.82) is 0 Å². The quantitative estimate of drug-likeness (QED) is 0.861. The van der Waals surface area contributed by atoms with Crippen LogP contribution in [0.25, 0.3) is 0 Å². The highest BCUT2D eigenvalue weighted by Crippen LogP contribution is 2.30. The molecule has 0 saturated heterocycles. The normalized spacial score (nSPS) is 9.27. The summed E-state index contributed by atoms with van der Waals surface area (Å²) in [4.78, 5) is 13.8. The van der Waals surface area contributed by atoms with E-state index >= 15 is 0 Å². The van der Waals surface area contributed by atoms with Crippen LogP contribution in [0.15, 0.2) is 6.07 Å². The van der Waals surface area contributed by atoms with Crippen molar-refractivity contribution < 1.29 is 14.6 Å². The van der Waals surface area contributed by atoms with Crippen molar-refractivity contribution in [1.82, 2.24) is 4.98 Å². The number of carbonyl (C=O) groups is 1. The van der Waals surface area contributed by atoms with Gasteiger partial charge < -0.3 is 9.84 Å². The van der Waals surface area contributed by atoms with Crippen LogP contribution in [-0.2, 0) is 4.79 Å². The van der Waals surface area contributed by atoms with E-state index in [1.54, 1.807) is 0 Å². The zero-order valence-electron chi connectivity index (χ0n) is 7.04. The Hall–Kier alpha value is -0.230. The molecule has 0 aliphatic carbocycles. The molecule has 1 rings (SSSR count). The van der Waals surface area contributed by atoms with Crippen LogP contribution in [0.5, 0.6) is 5.88 Å². The molecule has 0 aromatic carbocycles. The molecule has 0 saturated carbocycles. The molecule has 1 N–H and O–H groups in total. The van der Waals surface area contributed by atoms with E-state index in [1.807, 2.05) is 0 Å². The molecule has 0 radical (unpaired) electrons. The van der Waals surface area contributed by atoms with Crippen LogP contribution in [-0.4, -0.2) is 22.7 Å². The van der Waals surface area contributed by atoms with Gasteiger partial charge in [-0.15, -0.1) is 17.0 Å². The zero-order chi connectivity index (χ0) is 10.7. The summed E-state index contributed by atoms with van der Waals surface area (Å²) in [5, 5.41) is 8.64. The fraction of sp³-hybridized carbons (Fsp3) is 0.143. The van der Waals surface area contributed by atoms with E-state index in [1.165, 1.54) is 6.07 Å². The van der Waals surface area contributed by atoms with E-state index in [4.69, 9.17) is 44.6 Å². The van der Waals surface area contributed by atoms with E-state index in [0.29, 0.717) is 0 Å². The summed E-state index contributed by atoms with van der Waals surface area (Å²) in [6, 6.07) is 1.33. The van der Waals surface area contributed by atoms with Crippen molar-refractivity contribution in [3.63, 3.8) is 0 Å². The third-order valence-corrected chi connectivity index (χ3v) is 2.13. The number of pyridine rings is 1. The molecule has 0 spiro atoms. The molecule has 8 heteroatoms. The van der Waals surface area contributed by atoms with E-state index in [2.05, 4.69) is 4.98 Å². The van der Waals surface area contributed by atoms with Gasteiger partial charge in [-0.3, -0.25) is 0 Å². The van der Waals surface area contributed by atoms with Gasteiger partial charge in [0.05, 0.1) is 5.02 Å². The van der Waals surface area contributed by atoms with Gasteiger partial charge in [0, 0.05) is 0 Å². The summed E-state index contributed by atoms with van der Waals surface area (Å²) in [5.74, 6) is -1.18. The van der Waals surface area contributed by atoms with Crippen LogP contribution in [0.2, 0.25) is 15.2 Å². The number of nitrogens with zero attached hydrogens (tertiary/aromatic N) is 1. The predicted octanol–water partition coefficient (Wildman–Crippen LogP) is 3.08. The second-order valence-electron chi connectivity index (χ2n) is 2.23. The van der Waals surface area contributed by atoms with Crippen LogP contribution in [0.3, 0.4) is 0 Å². The maximum Gasteiger partial charge on any atom is 0.341 e. The lowest BCUT2D eigenvalue weighted by molar-refractivity contribution is -0.139. The van der Waals surface area contributed by atoms with Gasteiger partial charge in [0.1, 0.15) is 5.02 Å². The summed E-state index contributed by atoms with van der Waals surface area (Å²) in [5.41, 5.74) is 0. The van der Waals surface area contributed by atoms with Crippen molar-refractivity contribution in [3.8, 4) is 5.88 Å². The topological polar surface area (TPSA) is 59.4 Å². The van der Waals surface area contributed by atoms with E-state index < -0.39 is 12.6 Å². The molecule has 0 aliphatic heterocycles. The van der Waals surface area contributed by atoms with E-state index in [0.717, 1.165) is 0 Å². The second kappa shape index (κ2) is 6.37. The molecule has 0 atom stereocenters. The Morgan fingerprint density at radius 2 is 2.00 bits per heavy atom. The molecule has 15 heavy (non-hydrogen) atoms. The average Bonchev–Trinajstić information content (AvgIpc) is 2.09. The van der Waals surface area contributed by atoms with Gasteiger partial charge in [-0.25, -0.2) is 4.79 Å². The van der Waals surface area contributed by atoms with Gasteiger partial charge in [-0.1, -0.05) is 34.8 Å². The van der Waals surface area contributed by atoms with Crippen LogP contribution < -0.4 is 4.74 Å². The number of aromatic nitrogens is 1. The Kier molecular flexibility index (Phi) is 6.28. The Bertz CT molecular complexity index is 375. The summed E-state index contributed by atoms with van der Waals surface area (Å²) >= 11 is 16.8. The summed E-state index contributed by atoms with van der Waals surface area (Å²) in [7, 11) is 0. The minimum Gasteiger partial charge on any atom is -0.479 e. The van der Waals surface area contributed by atoms with Gasteiger partial charge in [-0.05, 0) is 6.07 Å². The van der Waals surface area contributed by atoms with Crippen LogP contribution in [0.1, 0.15) is 0 Å². The Morgan fingerprint density at radius 1 is 1.40 bits per heavy atom. The van der Waals surface area contributed by atoms with Crippen molar-refractivity contribution in [2.45, 2.75) is 0 Å². The van der Waals surface area contributed by atoms with Crippen molar-refractivity contribution in [2.75, 3.05) is 6.61 Å². The molecular weight excluding hydrogens is 332 g/mol. The Balaban J connectivity index is 0.00000196. The first kappa shape index (κ1) is 14.8. The minimum absolute atomic E-state index is 0. The van der Waals surface area contributed by atoms with Gasteiger partial charge in [0.2, 0.25) is 5.88 Å². The number of carboxylic acids is 1. The summed E-state index contributed by atoms with van der Waals surface area (Å²) in [6.07, 6.45) is 0. The number of hydrogen-bond donors (Lipinski definition) is 1. The molecule has 0 aliphatic rings. The number of rotatable bonds is 3. The van der Waals surface area contributed by atoms with Gasteiger partial charge in [0.15, 0.2) is 11.8 Å². The highest BCUT2D eigenvalue weighted by atomic mass is 79.9. The second-order valence-corrected chi connectivity index (χ2v) is 3.40. The standard InChI is InChI=1S/C7H4Cl3NO3.BrH/c8-3-1-4(9)7(11-6(3)10)14-2-5(12)13;/h1H,2H2,(H,12,13);1H. The molecule has 1 heterocycles. The largest absolute Gasteiger partial charge is 0.479 e. The third-order valence-electron chi connectivity index (χ3n) is 1.19. The van der Waals surface area contributed by atoms with Crippen LogP contribution in [0.4, 0.5) is 0 Å². The first-order valence-electron chi connectivity index (χ1n) is 3.37. The first-order chi connectivity index (χ1) is 6.50. The highest BCUT2D eigenvalue weighted by molar-refractivity contribution is 8.93. The number of halogens is 4. The fourth-order valence-electron chi connectivity index (χ4n) is 0.660. The third kappa shape index (κ3) is 4.42. The predicted molar refractivity (Wildman–Crippen MR) is 62.7 cm³/mol. The number of carboxylic acid groups (broad SMARTS) is 1. The molecule has 1 aromatic rings. The molecule has 0 fully saturated rings. The van der Waals surface area contributed by atoms with E-state index in [-0.39, 0.29) is 38.1 Å². The smallest absolute Gasteiger partial charge is 0.341 e. The van der Waals surface area contributed by atoms with Gasteiger partial charge in [-0.2, -0.15) is 4.98 Å². The van der Waals surface area contributed by atoms with Crippen molar-refractivity contribution in [3.05, 3.63) is 21.3 Å². The summed E-state index contributed by atoms with van der Waals surface area (Å²) in [6.45, 7) is -0.537. The number of hydrogen-bond acceptors (Lipinski definition) is 3. The number of aliphatic carboxylic acids is 1. The highest BCUT2D eigenvalue weighted by Gasteiger charge is 2.10.